The first-order valence-electron chi connectivity index (χ1n) is 8.70. The molecule has 3 rings (SSSR count). The Balaban J connectivity index is 0.000000847. The molecule has 22 heavy (non-hydrogen) atoms. The number of nitrogens with two attached hydrogens (primary N) is 1. The third-order valence-electron chi connectivity index (χ3n) is 4.85. The average Bonchev–Trinajstić information content (AvgIpc) is 3.01. The highest BCUT2D eigenvalue weighted by molar-refractivity contribution is 5.31. The Labute approximate surface area is 135 Å². The Morgan fingerprint density at radius 2 is 1.59 bits per heavy atom. The van der Waals surface area contributed by atoms with Crippen LogP contribution in [0.5, 0.6) is 0 Å². The predicted molar refractivity (Wildman–Crippen MR) is 90.8 cm³/mol. The Bertz CT molecular complexity index is 468. The van der Waals surface area contributed by atoms with Crippen molar-refractivity contribution in [2.75, 3.05) is 13.2 Å². The molecule has 1 aromatic rings. The molecule has 0 aromatic heterocycles. The number of hydrogen-bond acceptors (Lipinski definition) is 3. The highest BCUT2D eigenvalue weighted by atomic mass is 16.7. The molecule has 3 nitrogen and oxygen atoms in total. The second-order valence-electron chi connectivity index (χ2n) is 6.54. The van der Waals surface area contributed by atoms with E-state index in [1.807, 2.05) is 13.8 Å². The van der Waals surface area contributed by atoms with Crippen LogP contribution < -0.4 is 5.73 Å². The smallest absolute Gasteiger partial charge is 0.168 e. The maximum Gasteiger partial charge on any atom is 0.168 e. The molecule has 1 heterocycles. The van der Waals surface area contributed by atoms with Crippen LogP contribution in [0.2, 0.25) is 0 Å². The van der Waals surface area contributed by atoms with Crippen molar-refractivity contribution in [1.82, 2.24) is 0 Å². The van der Waals surface area contributed by atoms with E-state index in [-0.39, 0.29) is 11.3 Å². The fourth-order valence-corrected chi connectivity index (χ4v) is 3.36. The van der Waals surface area contributed by atoms with Crippen molar-refractivity contribution >= 4 is 0 Å². The molecule has 1 saturated carbocycles. The molecule has 2 fully saturated rings. The highest BCUT2D eigenvalue weighted by Gasteiger charge is 2.45. The number of hydrogen-bond donors (Lipinski definition) is 1. The maximum absolute atomic E-state index is 6.69. The zero-order chi connectivity index (χ0) is 16.2. The Kier molecular flexibility index (Phi) is 5.65. The molecule has 1 aromatic carbocycles. The summed E-state index contributed by atoms with van der Waals surface area (Å²) < 4.78 is 11.6. The second kappa shape index (κ2) is 7.12. The van der Waals surface area contributed by atoms with Gasteiger partial charge in [0.1, 0.15) is 0 Å². The standard InChI is InChI=1S/C17H25NO2.C2H6/c1-13(2)14-4-3-5-15(12-14)16(18)6-8-17(9-7-16)19-10-11-20-17;1-2/h3-5,12-13H,6-11,18H2,1-2H3;1-2H3. The largest absolute Gasteiger partial charge is 0.348 e. The molecule has 2 N–H and O–H groups in total. The summed E-state index contributed by atoms with van der Waals surface area (Å²) in [7, 11) is 0. The van der Waals surface area contributed by atoms with E-state index in [0.717, 1.165) is 38.9 Å². The molecular formula is C19H31NO2. The molecule has 0 bridgehead atoms. The first-order chi connectivity index (χ1) is 10.5. The zero-order valence-electron chi connectivity index (χ0n) is 14.5. The summed E-state index contributed by atoms with van der Waals surface area (Å²) in [6.07, 6.45) is 3.65. The maximum atomic E-state index is 6.69. The van der Waals surface area contributed by atoms with Gasteiger partial charge in [0.2, 0.25) is 0 Å². The van der Waals surface area contributed by atoms with Crippen LogP contribution in [0.15, 0.2) is 24.3 Å². The Morgan fingerprint density at radius 1 is 1.00 bits per heavy atom. The normalized spacial score (nSPS) is 22.5. The van der Waals surface area contributed by atoms with E-state index in [1.54, 1.807) is 0 Å². The first kappa shape index (κ1) is 17.5. The number of benzene rings is 1. The van der Waals surface area contributed by atoms with Gasteiger partial charge in [-0.3, -0.25) is 0 Å². The molecule has 0 atom stereocenters. The summed E-state index contributed by atoms with van der Waals surface area (Å²) in [5, 5.41) is 0. The number of rotatable bonds is 2. The average molecular weight is 305 g/mol. The van der Waals surface area contributed by atoms with Crippen molar-refractivity contribution in [2.45, 2.75) is 70.6 Å². The van der Waals surface area contributed by atoms with Crippen LogP contribution in [0.1, 0.15) is 70.4 Å². The van der Waals surface area contributed by atoms with Gasteiger partial charge in [0, 0.05) is 18.4 Å². The van der Waals surface area contributed by atoms with E-state index in [2.05, 4.69) is 38.1 Å². The van der Waals surface area contributed by atoms with Crippen LogP contribution in [0, 0.1) is 0 Å². The molecule has 0 unspecified atom stereocenters. The SMILES string of the molecule is CC.CC(C)c1cccc(C2(N)CCC3(CC2)OCCO3)c1. The van der Waals surface area contributed by atoms with Gasteiger partial charge in [-0.05, 0) is 29.9 Å². The van der Waals surface area contributed by atoms with Crippen LogP contribution in [-0.2, 0) is 15.0 Å². The van der Waals surface area contributed by atoms with Crippen LogP contribution in [-0.4, -0.2) is 19.0 Å². The van der Waals surface area contributed by atoms with Gasteiger partial charge in [0.15, 0.2) is 5.79 Å². The van der Waals surface area contributed by atoms with Gasteiger partial charge in [-0.1, -0.05) is 52.0 Å². The zero-order valence-corrected chi connectivity index (χ0v) is 14.5. The van der Waals surface area contributed by atoms with Gasteiger partial charge in [-0.25, -0.2) is 0 Å². The van der Waals surface area contributed by atoms with Crippen LogP contribution in [0.25, 0.3) is 0 Å². The lowest BCUT2D eigenvalue weighted by atomic mass is 9.74. The lowest BCUT2D eigenvalue weighted by Gasteiger charge is -2.42. The molecule has 0 radical (unpaired) electrons. The van der Waals surface area contributed by atoms with Gasteiger partial charge in [-0.15, -0.1) is 0 Å². The fraction of sp³-hybridized carbons (Fsp3) is 0.684. The van der Waals surface area contributed by atoms with Crippen LogP contribution in [0.4, 0.5) is 0 Å². The number of ether oxygens (including phenoxy) is 2. The predicted octanol–water partition coefficient (Wildman–Crippen LogP) is 4.31. The van der Waals surface area contributed by atoms with Gasteiger partial charge in [0.05, 0.1) is 13.2 Å². The van der Waals surface area contributed by atoms with Crippen LogP contribution >= 0.6 is 0 Å². The molecular weight excluding hydrogens is 274 g/mol. The summed E-state index contributed by atoms with van der Waals surface area (Å²) in [6.45, 7) is 9.89. The molecule has 2 aliphatic rings. The summed E-state index contributed by atoms with van der Waals surface area (Å²) in [5.74, 6) is 0.202. The highest BCUT2D eigenvalue weighted by Crippen LogP contribution is 2.43. The molecule has 1 saturated heterocycles. The topological polar surface area (TPSA) is 44.5 Å². The minimum absolute atomic E-state index is 0.231. The lowest BCUT2D eigenvalue weighted by Crippen LogP contribution is -2.47. The summed E-state index contributed by atoms with van der Waals surface area (Å²) >= 11 is 0. The van der Waals surface area contributed by atoms with Crippen molar-refractivity contribution in [1.29, 1.82) is 0 Å². The summed E-state index contributed by atoms with van der Waals surface area (Å²) in [4.78, 5) is 0. The van der Waals surface area contributed by atoms with Gasteiger partial charge in [-0.2, -0.15) is 0 Å². The van der Waals surface area contributed by atoms with Gasteiger partial charge < -0.3 is 15.2 Å². The van der Waals surface area contributed by atoms with Gasteiger partial charge in [0.25, 0.3) is 0 Å². The molecule has 1 aliphatic carbocycles. The third-order valence-corrected chi connectivity index (χ3v) is 4.85. The van der Waals surface area contributed by atoms with Crippen molar-refractivity contribution in [3.8, 4) is 0 Å². The minimum atomic E-state index is -0.335. The van der Waals surface area contributed by atoms with E-state index in [9.17, 15) is 0 Å². The summed E-state index contributed by atoms with van der Waals surface area (Å²) in [6, 6.07) is 8.76. The molecule has 1 aliphatic heterocycles. The first-order valence-corrected chi connectivity index (χ1v) is 8.70. The fourth-order valence-electron chi connectivity index (χ4n) is 3.36. The summed E-state index contributed by atoms with van der Waals surface area (Å²) in [5.41, 5.74) is 9.08. The van der Waals surface area contributed by atoms with Crippen molar-refractivity contribution in [2.24, 2.45) is 5.73 Å². The monoisotopic (exact) mass is 305 g/mol. The molecule has 1 spiro atoms. The van der Waals surface area contributed by atoms with Crippen molar-refractivity contribution in [3.05, 3.63) is 35.4 Å². The van der Waals surface area contributed by atoms with Crippen molar-refractivity contribution in [3.63, 3.8) is 0 Å². The minimum Gasteiger partial charge on any atom is -0.348 e. The van der Waals surface area contributed by atoms with Crippen molar-refractivity contribution < 1.29 is 9.47 Å². The van der Waals surface area contributed by atoms with Crippen LogP contribution in [0.3, 0.4) is 0 Å². The quantitative estimate of drug-likeness (QED) is 0.885. The molecule has 3 heteroatoms. The lowest BCUT2D eigenvalue weighted by molar-refractivity contribution is -0.185. The van der Waals surface area contributed by atoms with Gasteiger partial charge >= 0.3 is 0 Å². The van der Waals surface area contributed by atoms with E-state index >= 15 is 0 Å². The van der Waals surface area contributed by atoms with E-state index < -0.39 is 0 Å². The second-order valence-corrected chi connectivity index (χ2v) is 6.54. The van der Waals surface area contributed by atoms with E-state index in [0.29, 0.717) is 5.92 Å². The van der Waals surface area contributed by atoms with E-state index in [1.165, 1.54) is 11.1 Å². The van der Waals surface area contributed by atoms with E-state index in [4.69, 9.17) is 15.2 Å². The third kappa shape index (κ3) is 3.53. The molecule has 124 valence electrons. The Hall–Kier alpha value is -0.900. The molecule has 0 amide bonds. The Morgan fingerprint density at radius 3 is 2.14 bits per heavy atom.